The molecule has 1 saturated carbocycles. The average Bonchev–Trinajstić information content (AvgIpc) is 3.00. The number of fused-ring (bicyclic) bond motifs is 1. The van der Waals surface area contributed by atoms with Crippen molar-refractivity contribution < 1.29 is 14.3 Å². The molecule has 0 unspecified atom stereocenters. The van der Waals surface area contributed by atoms with Crippen LogP contribution in [0.5, 0.6) is 11.5 Å². The molecule has 3 rings (SSSR count). The second-order valence-corrected chi connectivity index (χ2v) is 6.47. The molecule has 21 heavy (non-hydrogen) atoms. The molecule has 0 aromatic heterocycles. The number of para-hydroxylation sites is 1. The highest BCUT2D eigenvalue weighted by Crippen LogP contribution is 2.35. The van der Waals surface area contributed by atoms with E-state index in [1.807, 2.05) is 18.2 Å². The van der Waals surface area contributed by atoms with Crippen molar-refractivity contribution in [2.45, 2.75) is 37.5 Å². The van der Waals surface area contributed by atoms with Gasteiger partial charge in [0.25, 0.3) is 0 Å². The summed E-state index contributed by atoms with van der Waals surface area (Å²) in [6.45, 7) is 1.20. The zero-order valence-electron chi connectivity index (χ0n) is 12.1. The number of benzene rings is 1. The topological polar surface area (TPSA) is 47.6 Å². The first-order valence-corrected chi connectivity index (χ1v) is 8.73. The Labute approximate surface area is 129 Å². The summed E-state index contributed by atoms with van der Waals surface area (Å²) in [6.07, 6.45) is 4.75. The summed E-state index contributed by atoms with van der Waals surface area (Å²) in [7, 11) is 0. The van der Waals surface area contributed by atoms with Crippen LogP contribution in [0.4, 0.5) is 0 Å². The number of carbonyl (C=O) groups is 1. The summed E-state index contributed by atoms with van der Waals surface area (Å²) < 4.78 is 11.2. The standard InChI is InChI=1S/C16H21NO3S/c18-15(17-13-5-1-2-6-13)11-21-10-12-4-3-7-14-16(12)20-9-8-19-14/h3-4,7,13H,1-2,5-6,8-11H2,(H,17,18). The maximum absolute atomic E-state index is 11.9. The predicted molar refractivity (Wildman–Crippen MR) is 84.0 cm³/mol. The molecule has 1 N–H and O–H groups in total. The highest BCUT2D eigenvalue weighted by molar-refractivity contribution is 7.99. The molecule has 114 valence electrons. The van der Waals surface area contributed by atoms with E-state index in [0.717, 1.165) is 35.7 Å². The number of thioether (sulfide) groups is 1. The molecule has 0 spiro atoms. The van der Waals surface area contributed by atoms with E-state index in [1.165, 1.54) is 12.8 Å². The molecule has 1 fully saturated rings. The lowest BCUT2D eigenvalue weighted by molar-refractivity contribution is -0.119. The van der Waals surface area contributed by atoms with Gasteiger partial charge in [-0.3, -0.25) is 4.79 Å². The van der Waals surface area contributed by atoms with Crippen molar-refractivity contribution in [3.63, 3.8) is 0 Å². The summed E-state index contributed by atoms with van der Waals surface area (Å²) in [5.41, 5.74) is 1.10. The van der Waals surface area contributed by atoms with Gasteiger partial charge < -0.3 is 14.8 Å². The first-order chi connectivity index (χ1) is 10.3. The lowest BCUT2D eigenvalue weighted by Crippen LogP contribution is -2.33. The zero-order chi connectivity index (χ0) is 14.5. The Morgan fingerprint density at radius 1 is 1.24 bits per heavy atom. The van der Waals surface area contributed by atoms with Crippen molar-refractivity contribution in [2.24, 2.45) is 0 Å². The largest absolute Gasteiger partial charge is 0.486 e. The molecule has 0 bridgehead atoms. The number of amides is 1. The molecule has 1 aromatic rings. The smallest absolute Gasteiger partial charge is 0.230 e. The molecule has 0 radical (unpaired) electrons. The highest BCUT2D eigenvalue weighted by Gasteiger charge is 2.18. The van der Waals surface area contributed by atoms with E-state index in [4.69, 9.17) is 9.47 Å². The van der Waals surface area contributed by atoms with E-state index in [0.29, 0.717) is 25.0 Å². The van der Waals surface area contributed by atoms with Gasteiger partial charge in [0.1, 0.15) is 13.2 Å². The molecule has 2 aliphatic rings. The van der Waals surface area contributed by atoms with Gasteiger partial charge in [0.2, 0.25) is 5.91 Å². The molecular weight excluding hydrogens is 286 g/mol. The number of nitrogens with one attached hydrogen (secondary N) is 1. The van der Waals surface area contributed by atoms with Crippen molar-refractivity contribution >= 4 is 17.7 Å². The van der Waals surface area contributed by atoms with E-state index in [9.17, 15) is 4.79 Å². The van der Waals surface area contributed by atoms with Gasteiger partial charge in [-0.25, -0.2) is 0 Å². The molecule has 1 heterocycles. The molecule has 0 saturated heterocycles. The zero-order valence-corrected chi connectivity index (χ0v) is 12.9. The minimum atomic E-state index is 0.147. The Morgan fingerprint density at radius 2 is 2.05 bits per heavy atom. The Kier molecular flexibility index (Phi) is 4.91. The van der Waals surface area contributed by atoms with Crippen LogP contribution in [-0.2, 0) is 10.5 Å². The fraction of sp³-hybridized carbons (Fsp3) is 0.562. The molecule has 1 aromatic carbocycles. The quantitative estimate of drug-likeness (QED) is 0.908. The van der Waals surface area contributed by atoms with Crippen molar-refractivity contribution in [1.82, 2.24) is 5.32 Å². The van der Waals surface area contributed by atoms with Gasteiger partial charge in [-0.05, 0) is 18.9 Å². The van der Waals surface area contributed by atoms with Crippen molar-refractivity contribution in [2.75, 3.05) is 19.0 Å². The van der Waals surface area contributed by atoms with Crippen LogP contribution >= 0.6 is 11.8 Å². The minimum absolute atomic E-state index is 0.147. The van der Waals surface area contributed by atoms with Gasteiger partial charge in [-0.1, -0.05) is 25.0 Å². The molecule has 1 aliphatic carbocycles. The van der Waals surface area contributed by atoms with Crippen molar-refractivity contribution in [1.29, 1.82) is 0 Å². The van der Waals surface area contributed by atoms with Crippen LogP contribution in [-0.4, -0.2) is 30.9 Å². The highest BCUT2D eigenvalue weighted by atomic mass is 32.2. The number of hydrogen-bond donors (Lipinski definition) is 1. The van der Waals surface area contributed by atoms with E-state index < -0.39 is 0 Å². The Hall–Kier alpha value is -1.36. The minimum Gasteiger partial charge on any atom is -0.486 e. The summed E-state index contributed by atoms with van der Waals surface area (Å²) in [4.78, 5) is 11.9. The summed E-state index contributed by atoms with van der Waals surface area (Å²) in [5, 5.41) is 3.11. The third-order valence-corrected chi connectivity index (χ3v) is 4.84. The van der Waals surface area contributed by atoms with Crippen LogP contribution in [0.3, 0.4) is 0 Å². The van der Waals surface area contributed by atoms with E-state index in [2.05, 4.69) is 5.32 Å². The van der Waals surface area contributed by atoms with Crippen LogP contribution in [0.25, 0.3) is 0 Å². The van der Waals surface area contributed by atoms with Gasteiger partial charge in [-0.2, -0.15) is 0 Å². The van der Waals surface area contributed by atoms with E-state index >= 15 is 0 Å². The number of carbonyl (C=O) groups excluding carboxylic acids is 1. The van der Waals surface area contributed by atoms with Crippen molar-refractivity contribution in [3.05, 3.63) is 23.8 Å². The fourth-order valence-corrected chi connectivity index (χ4v) is 3.66. The van der Waals surface area contributed by atoms with Gasteiger partial charge in [0.05, 0.1) is 5.75 Å². The molecule has 1 aliphatic heterocycles. The van der Waals surface area contributed by atoms with Crippen LogP contribution in [0.15, 0.2) is 18.2 Å². The van der Waals surface area contributed by atoms with Gasteiger partial charge >= 0.3 is 0 Å². The average molecular weight is 307 g/mol. The Balaban J connectivity index is 1.48. The SMILES string of the molecule is O=C(CSCc1cccc2c1OCCO2)NC1CCCC1. The Bertz CT molecular complexity index is 500. The molecule has 5 heteroatoms. The predicted octanol–water partition coefficient (Wildman–Crippen LogP) is 2.75. The number of ether oxygens (including phenoxy) is 2. The monoisotopic (exact) mass is 307 g/mol. The summed E-state index contributed by atoms with van der Waals surface area (Å²) >= 11 is 1.62. The molecule has 4 nitrogen and oxygen atoms in total. The lowest BCUT2D eigenvalue weighted by atomic mass is 10.2. The second-order valence-electron chi connectivity index (χ2n) is 5.48. The molecule has 1 amide bonds. The van der Waals surface area contributed by atoms with Crippen LogP contribution < -0.4 is 14.8 Å². The van der Waals surface area contributed by atoms with Gasteiger partial charge in [0, 0.05) is 17.4 Å². The summed E-state index contributed by atoms with van der Waals surface area (Å²) in [6, 6.07) is 6.34. The van der Waals surface area contributed by atoms with E-state index in [1.54, 1.807) is 11.8 Å². The number of rotatable bonds is 5. The first kappa shape index (κ1) is 14.6. The third-order valence-electron chi connectivity index (χ3n) is 3.86. The second kappa shape index (κ2) is 7.07. The normalized spacial score (nSPS) is 17.7. The van der Waals surface area contributed by atoms with E-state index in [-0.39, 0.29) is 5.91 Å². The maximum atomic E-state index is 11.9. The third kappa shape index (κ3) is 3.84. The fourth-order valence-electron chi connectivity index (χ4n) is 2.84. The maximum Gasteiger partial charge on any atom is 0.230 e. The van der Waals surface area contributed by atoms with Crippen LogP contribution in [0, 0.1) is 0 Å². The van der Waals surface area contributed by atoms with Gasteiger partial charge in [0.15, 0.2) is 11.5 Å². The Morgan fingerprint density at radius 3 is 2.90 bits per heavy atom. The van der Waals surface area contributed by atoms with Crippen LogP contribution in [0.1, 0.15) is 31.2 Å². The number of hydrogen-bond acceptors (Lipinski definition) is 4. The first-order valence-electron chi connectivity index (χ1n) is 7.57. The lowest BCUT2D eigenvalue weighted by Gasteiger charge is -2.20. The molecular formula is C16H21NO3S. The molecule has 0 atom stereocenters. The van der Waals surface area contributed by atoms with Crippen molar-refractivity contribution in [3.8, 4) is 11.5 Å². The van der Waals surface area contributed by atoms with Crippen LogP contribution in [0.2, 0.25) is 0 Å². The van der Waals surface area contributed by atoms with Gasteiger partial charge in [-0.15, -0.1) is 11.8 Å². The summed E-state index contributed by atoms with van der Waals surface area (Å²) in [5.74, 6) is 3.07.